The molecule has 0 aliphatic carbocycles. The second kappa shape index (κ2) is 7.35. The number of alkyl halides is 1. The van der Waals surface area contributed by atoms with Crippen molar-refractivity contribution in [1.82, 2.24) is 0 Å². The Hall–Kier alpha value is -0.700. The monoisotopic (exact) mass is 372 g/mol. The van der Waals surface area contributed by atoms with Gasteiger partial charge in [0.25, 0.3) is 0 Å². The summed E-state index contributed by atoms with van der Waals surface area (Å²) in [4.78, 5) is 0. The van der Waals surface area contributed by atoms with E-state index in [4.69, 9.17) is 27.9 Å². The van der Waals surface area contributed by atoms with Gasteiger partial charge < -0.3 is 4.74 Å². The maximum atomic E-state index is 6.52. The SMILES string of the molecule is CCCOc1ccc(C(Cl)c2ccccc2Cl)cc1Br. The van der Waals surface area contributed by atoms with Crippen molar-refractivity contribution in [3.05, 3.63) is 63.1 Å². The number of rotatable bonds is 5. The van der Waals surface area contributed by atoms with Gasteiger partial charge in [-0.05, 0) is 51.7 Å². The van der Waals surface area contributed by atoms with Crippen LogP contribution in [0.1, 0.15) is 29.8 Å². The van der Waals surface area contributed by atoms with E-state index in [1.807, 2.05) is 42.5 Å². The Labute approximate surface area is 138 Å². The van der Waals surface area contributed by atoms with Gasteiger partial charge in [0.1, 0.15) is 5.75 Å². The Morgan fingerprint density at radius 1 is 1.20 bits per heavy atom. The molecule has 4 heteroatoms. The van der Waals surface area contributed by atoms with Crippen LogP contribution in [0.5, 0.6) is 5.75 Å². The zero-order valence-corrected chi connectivity index (χ0v) is 14.2. The maximum absolute atomic E-state index is 6.52. The average molecular weight is 374 g/mol. The number of halogens is 3. The standard InChI is InChI=1S/C16H15BrCl2O/c1-2-9-20-15-8-7-11(10-13(15)17)16(19)12-5-3-4-6-14(12)18/h3-8,10,16H,2,9H2,1H3. The van der Waals surface area contributed by atoms with Crippen molar-refractivity contribution >= 4 is 39.1 Å². The molecule has 0 heterocycles. The third kappa shape index (κ3) is 3.69. The summed E-state index contributed by atoms with van der Waals surface area (Å²) in [6, 6.07) is 13.5. The summed E-state index contributed by atoms with van der Waals surface area (Å²) < 4.78 is 6.54. The van der Waals surface area contributed by atoms with Gasteiger partial charge >= 0.3 is 0 Å². The molecule has 0 aromatic heterocycles. The lowest BCUT2D eigenvalue weighted by atomic mass is 10.0. The van der Waals surface area contributed by atoms with E-state index in [2.05, 4.69) is 22.9 Å². The molecule has 0 spiro atoms. The van der Waals surface area contributed by atoms with Crippen LogP contribution < -0.4 is 4.74 Å². The van der Waals surface area contributed by atoms with Crippen LogP contribution in [0, 0.1) is 0 Å². The number of benzene rings is 2. The van der Waals surface area contributed by atoms with Gasteiger partial charge in [-0.25, -0.2) is 0 Å². The van der Waals surface area contributed by atoms with Gasteiger partial charge in [0.15, 0.2) is 0 Å². The summed E-state index contributed by atoms with van der Waals surface area (Å²) in [5.74, 6) is 0.832. The van der Waals surface area contributed by atoms with E-state index in [0.29, 0.717) is 11.6 Å². The Morgan fingerprint density at radius 2 is 1.95 bits per heavy atom. The van der Waals surface area contributed by atoms with E-state index < -0.39 is 0 Å². The molecular formula is C16H15BrCl2O. The highest BCUT2D eigenvalue weighted by molar-refractivity contribution is 9.10. The largest absolute Gasteiger partial charge is 0.492 e. The zero-order chi connectivity index (χ0) is 14.5. The summed E-state index contributed by atoms with van der Waals surface area (Å²) in [6.45, 7) is 2.78. The molecule has 2 aromatic carbocycles. The molecule has 1 atom stereocenters. The predicted molar refractivity (Wildman–Crippen MR) is 89.1 cm³/mol. The summed E-state index contributed by atoms with van der Waals surface area (Å²) >= 11 is 16.2. The van der Waals surface area contributed by atoms with Crippen molar-refractivity contribution < 1.29 is 4.74 Å². The quantitative estimate of drug-likeness (QED) is 0.565. The molecule has 1 unspecified atom stereocenters. The number of ether oxygens (including phenoxy) is 1. The van der Waals surface area contributed by atoms with E-state index in [9.17, 15) is 0 Å². The normalized spacial score (nSPS) is 12.2. The smallest absolute Gasteiger partial charge is 0.133 e. The first-order chi connectivity index (χ1) is 9.63. The maximum Gasteiger partial charge on any atom is 0.133 e. The van der Waals surface area contributed by atoms with Gasteiger partial charge in [0, 0.05) is 5.02 Å². The second-order valence-electron chi connectivity index (χ2n) is 4.42. The average Bonchev–Trinajstić information content (AvgIpc) is 2.46. The van der Waals surface area contributed by atoms with Crippen LogP contribution in [-0.4, -0.2) is 6.61 Å². The van der Waals surface area contributed by atoms with Crippen molar-refractivity contribution in [2.24, 2.45) is 0 Å². The van der Waals surface area contributed by atoms with E-state index in [0.717, 1.165) is 27.8 Å². The fraction of sp³-hybridized carbons (Fsp3) is 0.250. The molecule has 0 aliphatic rings. The van der Waals surface area contributed by atoms with Crippen LogP contribution in [0.15, 0.2) is 46.9 Å². The van der Waals surface area contributed by atoms with Crippen LogP contribution >= 0.6 is 39.1 Å². The summed E-state index contributed by atoms with van der Waals surface area (Å²) in [5, 5.41) is 0.398. The Balaban J connectivity index is 2.25. The van der Waals surface area contributed by atoms with Gasteiger partial charge in [-0.3, -0.25) is 0 Å². The molecule has 2 aromatic rings. The van der Waals surface area contributed by atoms with Gasteiger partial charge in [0.05, 0.1) is 16.5 Å². The molecule has 20 heavy (non-hydrogen) atoms. The molecule has 0 amide bonds. The van der Waals surface area contributed by atoms with Crippen molar-refractivity contribution in [1.29, 1.82) is 0 Å². The first kappa shape index (κ1) is 15.7. The van der Waals surface area contributed by atoms with Crippen molar-refractivity contribution in [3.63, 3.8) is 0 Å². The van der Waals surface area contributed by atoms with Crippen LogP contribution in [0.3, 0.4) is 0 Å². The molecule has 2 rings (SSSR count). The molecule has 0 N–H and O–H groups in total. The Bertz CT molecular complexity index is 586. The fourth-order valence-electron chi connectivity index (χ4n) is 1.86. The summed E-state index contributed by atoms with van der Waals surface area (Å²) in [7, 11) is 0. The van der Waals surface area contributed by atoms with E-state index in [-0.39, 0.29) is 5.38 Å². The van der Waals surface area contributed by atoms with E-state index >= 15 is 0 Å². The van der Waals surface area contributed by atoms with Gasteiger partial charge in [-0.2, -0.15) is 0 Å². The summed E-state index contributed by atoms with van der Waals surface area (Å²) in [5.41, 5.74) is 1.89. The highest BCUT2D eigenvalue weighted by atomic mass is 79.9. The molecule has 0 aliphatic heterocycles. The predicted octanol–water partition coefficient (Wildman–Crippen LogP) is 6.22. The van der Waals surface area contributed by atoms with Crippen molar-refractivity contribution in [3.8, 4) is 5.75 Å². The minimum absolute atomic E-state index is 0.278. The lowest BCUT2D eigenvalue weighted by Gasteiger charge is -2.14. The van der Waals surface area contributed by atoms with Gasteiger partial charge in [-0.15, -0.1) is 11.6 Å². The van der Waals surface area contributed by atoms with Crippen LogP contribution in [-0.2, 0) is 0 Å². The van der Waals surface area contributed by atoms with Crippen LogP contribution in [0.2, 0.25) is 5.02 Å². The molecule has 0 saturated carbocycles. The molecular weight excluding hydrogens is 359 g/mol. The molecule has 0 radical (unpaired) electrons. The van der Waals surface area contributed by atoms with Gasteiger partial charge in [0.2, 0.25) is 0 Å². The van der Waals surface area contributed by atoms with Crippen LogP contribution in [0.4, 0.5) is 0 Å². The fourth-order valence-corrected chi connectivity index (χ4v) is 3.00. The lowest BCUT2D eigenvalue weighted by molar-refractivity contribution is 0.315. The molecule has 0 saturated heterocycles. The third-order valence-corrected chi connectivity index (χ3v) is 4.34. The Kier molecular flexibility index (Phi) is 5.76. The third-order valence-electron chi connectivity index (χ3n) is 2.89. The van der Waals surface area contributed by atoms with E-state index in [1.165, 1.54) is 0 Å². The molecule has 1 nitrogen and oxygen atoms in total. The van der Waals surface area contributed by atoms with Crippen molar-refractivity contribution in [2.45, 2.75) is 18.7 Å². The first-order valence-corrected chi connectivity index (χ1v) is 8.05. The molecule has 106 valence electrons. The van der Waals surface area contributed by atoms with Crippen molar-refractivity contribution in [2.75, 3.05) is 6.61 Å². The highest BCUT2D eigenvalue weighted by Gasteiger charge is 2.15. The highest BCUT2D eigenvalue weighted by Crippen LogP contribution is 2.36. The number of hydrogen-bond acceptors (Lipinski definition) is 1. The lowest BCUT2D eigenvalue weighted by Crippen LogP contribution is -1.98. The van der Waals surface area contributed by atoms with E-state index in [1.54, 1.807) is 0 Å². The second-order valence-corrected chi connectivity index (χ2v) is 6.12. The topological polar surface area (TPSA) is 9.23 Å². The number of hydrogen-bond donors (Lipinski definition) is 0. The minimum atomic E-state index is -0.278. The van der Waals surface area contributed by atoms with Gasteiger partial charge in [-0.1, -0.05) is 42.8 Å². The zero-order valence-electron chi connectivity index (χ0n) is 11.1. The Morgan fingerprint density at radius 3 is 2.60 bits per heavy atom. The summed E-state index contributed by atoms with van der Waals surface area (Å²) in [6.07, 6.45) is 0.978. The van der Waals surface area contributed by atoms with Crippen LogP contribution in [0.25, 0.3) is 0 Å². The molecule has 0 bridgehead atoms. The minimum Gasteiger partial charge on any atom is -0.492 e. The first-order valence-electron chi connectivity index (χ1n) is 6.44. The molecule has 0 fully saturated rings.